The molecule has 0 atom stereocenters. The van der Waals surface area contributed by atoms with Crippen LogP contribution < -0.4 is 4.74 Å². The molecule has 2 nitrogen and oxygen atoms in total. The van der Waals surface area contributed by atoms with Gasteiger partial charge in [-0.25, -0.2) is 4.37 Å². The SMILES string of the molecule is Cc1cnsc1CCCCCCOc1ccc2ccccc2c1. The summed E-state index contributed by atoms with van der Waals surface area (Å²) in [6.07, 6.45) is 8.00. The van der Waals surface area contributed by atoms with Gasteiger partial charge in [-0.05, 0) is 66.2 Å². The van der Waals surface area contributed by atoms with Crippen LogP contribution in [0.4, 0.5) is 0 Å². The number of ether oxygens (including phenoxy) is 1. The van der Waals surface area contributed by atoms with Crippen molar-refractivity contribution in [2.45, 2.75) is 39.0 Å². The van der Waals surface area contributed by atoms with Gasteiger partial charge in [0.1, 0.15) is 5.75 Å². The maximum atomic E-state index is 5.88. The van der Waals surface area contributed by atoms with Crippen molar-refractivity contribution < 1.29 is 4.74 Å². The Labute approximate surface area is 142 Å². The van der Waals surface area contributed by atoms with Crippen molar-refractivity contribution in [2.75, 3.05) is 6.61 Å². The first-order chi connectivity index (χ1) is 11.3. The number of fused-ring (bicyclic) bond motifs is 1. The van der Waals surface area contributed by atoms with Crippen LogP contribution in [0.5, 0.6) is 5.75 Å². The van der Waals surface area contributed by atoms with Crippen molar-refractivity contribution >= 4 is 22.3 Å². The standard InChI is InChI=1S/C20H23NOS/c1-16-15-21-23-20(16)10-4-2-3-7-13-22-19-12-11-17-8-5-6-9-18(17)14-19/h5-6,8-9,11-12,14-15H,2-4,7,10,13H2,1H3. The minimum absolute atomic E-state index is 0.803. The topological polar surface area (TPSA) is 22.1 Å². The Bertz CT molecular complexity index is 750. The molecule has 1 heterocycles. The highest BCUT2D eigenvalue weighted by Crippen LogP contribution is 2.21. The van der Waals surface area contributed by atoms with E-state index in [0.29, 0.717) is 0 Å². The van der Waals surface area contributed by atoms with Gasteiger partial charge in [0.05, 0.1) is 6.61 Å². The maximum absolute atomic E-state index is 5.88. The summed E-state index contributed by atoms with van der Waals surface area (Å²) in [7, 11) is 0. The third-order valence-electron chi connectivity index (χ3n) is 4.14. The summed E-state index contributed by atoms with van der Waals surface area (Å²) in [6, 6.07) is 14.7. The first-order valence-corrected chi connectivity index (χ1v) is 9.12. The first-order valence-electron chi connectivity index (χ1n) is 8.35. The van der Waals surface area contributed by atoms with Crippen LogP contribution in [-0.2, 0) is 6.42 Å². The Balaban J connectivity index is 1.34. The predicted molar refractivity (Wildman–Crippen MR) is 98.5 cm³/mol. The zero-order valence-corrected chi connectivity index (χ0v) is 14.4. The molecule has 0 saturated carbocycles. The summed E-state index contributed by atoms with van der Waals surface area (Å²) < 4.78 is 10.1. The van der Waals surface area contributed by atoms with Gasteiger partial charge >= 0.3 is 0 Å². The second-order valence-corrected chi connectivity index (χ2v) is 6.84. The predicted octanol–water partition coefficient (Wildman–Crippen LogP) is 5.79. The van der Waals surface area contributed by atoms with E-state index in [0.717, 1.165) is 18.8 Å². The Morgan fingerprint density at radius 2 is 1.78 bits per heavy atom. The van der Waals surface area contributed by atoms with Gasteiger partial charge in [0.25, 0.3) is 0 Å². The second kappa shape index (κ2) is 8.11. The minimum Gasteiger partial charge on any atom is -0.494 e. The van der Waals surface area contributed by atoms with E-state index in [4.69, 9.17) is 4.74 Å². The van der Waals surface area contributed by atoms with Crippen molar-refractivity contribution in [1.29, 1.82) is 0 Å². The van der Waals surface area contributed by atoms with Crippen LogP contribution in [0.25, 0.3) is 10.8 Å². The summed E-state index contributed by atoms with van der Waals surface area (Å²) in [5.74, 6) is 0.976. The molecular weight excluding hydrogens is 302 g/mol. The molecule has 0 radical (unpaired) electrons. The highest BCUT2D eigenvalue weighted by molar-refractivity contribution is 7.05. The summed E-state index contributed by atoms with van der Waals surface area (Å²) in [5, 5.41) is 2.50. The fourth-order valence-corrected chi connectivity index (χ4v) is 3.51. The van der Waals surface area contributed by atoms with Crippen molar-refractivity contribution in [3.63, 3.8) is 0 Å². The van der Waals surface area contributed by atoms with Crippen LogP contribution in [0.1, 0.15) is 36.1 Å². The smallest absolute Gasteiger partial charge is 0.119 e. The lowest BCUT2D eigenvalue weighted by molar-refractivity contribution is 0.305. The molecule has 120 valence electrons. The average molecular weight is 325 g/mol. The van der Waals surface area contributed by atoms with Crippen LogP contribution in [0.15, 0.2) is 48.7 Å². The van der Waals surface area contributed by atoms with Gasteiger partial charge in [0.2, 0.25) is 0 Å². The zero-order valence-electron chi connectivity index (χ0n) is 13.6. The largest absolute Gasteiger partial charge is 0.494 e. The summed E-state index contributed by atoms with van der Waals surface area (Å²) >= 11 is 1.64. The summed E-state index contributed by atoms with van der Waals surface area (Å²) in [4.78, 5) is 1.44. The molecule has 3 heteroatoms. The molecule has 0 aliphatic carbocycles. The molecular formula is C20H23NOS. The zero-order chi connectivity index (χ0) is 15.9. The first kappa shape index (κ1) is 16.0. The molecule has 3 aromatic rings. The number of hydrogen-bond donors (Lipinski definition) is 0. The van der Waals surface area contributed by atoms with E-state index >= 15 is 0 Å². The third kappa shape index (κ3) is 4.55. The van der Waals surface area contributed by atoms with Crippen LogP contribution in [-0.4, -0.2) is 11.0 Å². The van der Waals surface area contributed by atoms with Crippen LogP contribution in [0, 0.1) is 6.92 Å². The molecule has 0 spiro atoms. The molecule has 0 aliphatic rings. The van der Waals surface area contributed by atoms with E-state index < -0.39 is 0 Å². The maximum Gasteiger partial charge on any atom is 0.119 e. The number of unbranched alkanes of at least 4 members (excludes halogenated alkanes) is 3. The monoisotopic (exact) mass is 325 g/mol. The van der Waals surface area contributed by atoms with E-state index in [9.17, 15) is 0 Å². The van der Waals surface area contributed by atoms with E-state index in [1.807, 2.05) is 6.20 Å². The van der Waals surface area contributed by atoms with E-state index in [1.165, 1.54) is 46.9 Å². The molecule has 0 bridgehead atoms. The Morgan fingerprint density at radius 3 is 2.61 bits per heavy atom. The van der Waals surface area contributed by atoms with Crippen molar-refractivity contribution in [3.8, 4) is 5.75 Å². The number of aryl methyl sites for hydroxylation is 2. The molecule has 0 N–H and O–H groups in total. The van der Waals surface area contributed by atoms with Crippen LogP contribution >= 0.6 is 11.5 Å². The molecule has 0 unspecified atom stereocenters. The molecule has 1 aromatic heterocycles. The van der Waals surface area contributed by atoms with Crippen LogP contribution in [0.2, 0.25) is 0 Å². The third-order valence-corrected chi connectivity index (χ3v) is 5.09. The summed E-state index contributed by atoms with van der Waals surface area (Å²) in [5.41, 5.74) is 1.34. The molecule has 0 aliphatic heterocycles. The quantitative estimate of drug-likeness (QED) is 0.489. The fourth-order valence-electron chi connectivity index (χ4n) is 2.74. The van der Waals surface area contributed by atoms with E-state index in [-0.39, 0.29) is 0 Å². The molecule has 2 aromatic carbocycles. The molecule has 0 fully saturated rings. The van der Waals surface area contributed by atoms with Gasteiger partial charge in [-0.2, -0.15) is 0 Å². The molecule has 0 saturated heterocycles. The average Bonchev–Trinajstić information content (AvgIpc) is 2.99. The van der Waals surface area contributed by atoms with Gasteiger partial charge in [-0.3, -0.25) is 0 Å². The van der Waals surface area contributed by atoms with Crippen molar-refractivity contribution in [2.24, 2.45) is 0 Å². The van der Waals surface area contributed by atoms with Gasteiger partial charge < -0.3 is 4.74 Å². The van der Waals surface area contributed by atoms with Crippen LogP contribution in [0.3, 0.4) is 0 Å². The van der Waals surface area contributed by atoms with Gasteiger partial charge in [0, 0.05) is 11.1 Å². The number of nitrogens with zero attached hydrogens (tertiary/aromatic N) is 1. The van der Waals surface area contributed by atoms with Crippen molar-refractivity contribution in [3.05, 3.63) is 59.1 Å². The van der Waals surface area contributed by atoms with E-state index in [2.05, 4.69) is 53.8 Å². The van der Waals surface area contributed by atoms with Gasteiger partial charge in [-0.15, -0.1) is 0 Å². The minimum atomic E-state index is 0.803. The number of hydrogen-bond acceptors (Lipinski definition) is 3. The van der Waals surface area contributed by atoms with E-state index in [1.54, 1.807) is 11.5 Å². The number of benzene rings is 2. The van der Waals surface area contributed by atoms with Gasteiger partial charge in [-0.1, -0.05) is 43.2 Å². The van der Waals surface area contributed by atoms with Gasteiger partial charge in [0.15, 0.2) is 0 Å². The lowest BCUT2D eigenvalue weighted by Crippen LogP contribution is -1.97. The Morgan fingerprint density at radius 1 is 0.957 bits per heavy atom. The summed E-state index contributed by atoms with van der Waals surface area (Å²) in [6.45, 7) is 2.95. The highest BCUT2D eigenvalue weighted by atomic mass is 32.1. The highest BCUT2D eigenvalue weighted by Gasteiger charge is 2.01. The molecule has 3 rings (SSSR count). The molecule has 0 amide bonds. The Hall–Kier alpha value is -1.87. The van der Waals surface area contributed by atoms with Crippen molar-refractivity contribution in [1.82, 2.24) is 4.37 Å². The number of aromatic nitrogens is 1. The number of rotatable bonds is 8. The second-order valence-electron chi connectivity index (χ2n) is 5.95. The Kier molecular flexibility index (Phi) is 5.65. The molecule has 23 heavy (non-hydrogen) atoms. The normalized spacial score (nSPS) is 11.0. The lowest BCUT2D eigenvalue weighted by Gasteiger charge is -2.07. The fraction of sp³-hybridized carbons (Fsp3) is 0.350. The lowest BCUT2D eigenvalue weighted by atomic mass is 10.1.